The number of hydrogen-bond acceptors (Lipinski definition) is 3. The molecular weight excluding hydrogens is 156 g/mol. The van der Waals surface area contributed by atoms with E-state index >= 15 is 0 Å². The Bertz CT molecular complexity index is 166. The molecule has 1 amide bonds. The zero-order chi connectivity index (χ0) is 9.61. The van der Waals surface area contributed by atoms with Gasteiger partial charge in [0.2, 0.25) is 5.91 Å². The Morgan fingerprint density at radius 1 is 1.75 bits per heavy atom. The van der Waals surface area contributed by atoms with Gasteiger partial charge >= 0.3 is 0 Å². The van der Waals surface area contributed by atoms with Crippen LogP contribution in [0, 0.1) is 5.41 Å². The first-order valence-corrected chi connectivity index (χ1v) is 3.74. The normalized spacial score (nSPS) is 10.9. The lowest BCUT2D eigenvalue weighted by atomic mass is 9.94. The average Bonchev–Trinajstić information content (AvgIpc) is 2.03. The molecule has 0 heterocycles. The standard InChI is InChI=1S/C8H16N2O2/c1-4-5-12-6-8(2,3)7(11)10-9/h4H,1,5-6,9H2,2-3H3,(H,10,11). The van der Waals surface area contributed by atoms with Gasteiger partial charge < -0.3 is 4.74 Å². The smallest absolute Gasteiger partial charge is 0.241 e. The maximum absolute atomic E-state index is 11.1. The molecule has 4 nitrogen and oxygen atoms in total. The predicted octanol–water partition coefficient (Wildman–Crippen LogP) is 0.205. The molecule has 0 aliphatic rings. The van der Waals surface area contributed by atoms with E-state index in [2.05, 4.69) is 12.0 Å². The van der Waals surface area contributed by atoms with Crippen molar-refractivity contribution in [2.75, 3.05) is 13.2 Å². The molecule has 4 heteroatoms. The van der Waals surface area contributed by atoms with Crippen molar-refractivity contribution >= 4 is 5.91 Å². The van der Waals surface area contributed by atoms with E-state index in [4.69, 9.17) is 10.6 Å². The summed E-state index contributed by atoms with van der Waals surface area (Å²) < 4.78 is 5.14. The summed E-state index contributed by atoms with van der Waals surface area (Å²) in [4.78, 5) is 11.1. The van der Waals surface area contributed by atoms with Gasteiger partial charge in [-0.25, -0.2) is 5.84 Å². The van der Waals surface area contributed by atoms with Crippen LogP contribution >= 0.6 is 0 Å². The summed E-state index contributed by atoms with van der Waals surface area (Å²) in [5, 5.41) is 0. The fourth-order valence-electron chi connectivity index (χ4n) is 0.658. The molecule has 0 aliphatic heterocycles. The van der Waals surface area contributed by atoms with Crippen molar-refractivity contribution in [2.24, 2.45) is 11.3 Å². The first kappa shape index (κ1) is 11.1. The third-order valence-electron chi connectivity index (χ3n) is 1.44. The minimum absolute atomic E-state index is 0.230. The van der Waals surface area contributed by atoms with Crippen molar-refractivity contribution in [3.05, 3.63) is 12.7 Å². The van der Waals surface area contributed by atoms with E-state index in [1.807, 2.05) is 0 Å². The molecule has 0 spiro atoms. The first-order chi connectivity index (χ1) is 5.54. The van der Waals surface area contributed by atoms with E-state index in [0.717, 1.165) is 0 Å². The summed E-state index contributed by atoms with van der Waals surface area (Å²) in [6.45, 7) is 7.80. The van der Waals surface area contributed by atoms with E-state index in [1.54, 1.807) is 19.9 Å². The summed E-state index contributed by atoms with van der Waals surface area (Å²) >= 11 is 0. The van der Waals surface area contributed by atoms with E-state index in [1.165, 1.54) is 0 Å². The van der Waals surface area contributed by atoms with Gasteiger partial charge in [0.1, 0.15) is 0 Å². The predicted molar refractivity (Wildman–Crippen MR) is 47.1 cm³/mol. The number of ether oxygens (including phenoxy) is 1. The highest BCUT2D eigenvalue weighted by Crippen LogP contribution is 2.14. The zero-order valence-electron chi connectivity index (χ0n) is 7.59. The highest BCUT2D eigenvalue weighted by molar-refractivity contribution is 5.81. The highest BCUT2D eigenvalue weighted by Gasteiger charge is 2.26. The van der Waals surface area contributed by atoms with Crippen LogP contribution in [0.4, 0.5) is 0 Å². The largest absolute Gasteiger partial charge is 0.376 e. The van der Waals surface area contributed by atoms with Gasteiger partial charge in [-0.1, -0.05) is 6.08 Å². The van der Waals surface area contributed by atoms with Gasteiger partial charge in [-0.15, -0.1) is 6.58 Å². The lowest BCUT2D eigenvalue weighted by Gasteiger charge is -2.21. The molecule has 0 atom stereocenters. The van der Waals surface area contributed by atoms with Crippen molar-refractivity contribution < 1.29 is 9.53 Å². The third kappa shape index (κ3) is 3.50. The second-order valence-corrected chi connectivity index (χ2v) is 3.16. The van der Waals surface area contributed by atoms with Gasteiger partial charge in [-0.3, -0.25) is 10.2 Å². The summed E-state index contributed by atoms with van der Waals surface area (Å²) in [5.74, 6) is 4.76. The maximum Gasteiger partial charge on any atom is 0.241 e. The Hall–Kier alpha value is -0.870. The second kappa shape index (κ2) is 4.90. The average molecular weight is 172 g/mol. The van der Waals surface area contributed by atoms with Gasteiger partial charge in [-0.2, -0.15) is 0 Å². The number of hydrazine groups is 1. The monoisotopic (exact) mass is 172 g/mol. The van der Waals surface area contributed by atoms with Gasteiger partial charge in [0.05, 0.1) is 18.6 Å². The highest BCUT2D eigenvalue weighted by atomic mass is 16.5. The van der Waals surface area contributed by atoms with E-state index < -0.39 is 5.41 Å². The summed E-state index contributed by atoms with van der Waals surface area (Å²) in [7, 11) is 0. The van der Waals surface area contributed by atoms with Crippen LogP contribution < -0.4 is 11.3 Å². The Labute approximate surface area is 72.7 Å². The fraction of sp³-hybridized carbons (Fsp3) is 0.625. The SMILES string of the molecule is C=CCOCC(C)(C)C(=O)NN. The number of carbonyl (C=O) groups excluding carboxylic acids is 1. The topological polar surface area (TPSA) is 64.3 Å². The van der Waals surface area contributed by atoms with Crippen LogP contribution in [0.5, 0.6) is 0 Å². The van der Waals surface area contributed by atoms with E-state index in [9.17, 15) is 4.79 Å². The van der Waals surface area contributed by atoms with Gasteiger partial charge in [0, 0.05) is 0 Å². The van der Waals surface area contributed by atoms with Crippen molar-refractivity contribution in [1.29, 1.82) is 0 Å². The Morgan fingerprint density at radius 2 is 2.33 bits per heavy atom. The van der Waals surface area contributed by atoms with Crippen molar-refractivity contribution in [1.82, 2.24) is 5.43 Å². The fourth-order valence-corrected chi connectivity index (χ4v) is 0.658. The summed E-state index contributed by atoms with van der Waals surface area (Å²) in [6.07, 6.45) is 1.64. The van der Waals surface area contributed by atoms with Crippen LogP contribution in [0.25, 0.3) is 0 Å². The molecular formula is C8H16N2O2. The van der Waals surface area contributed by atoms with Gasteiger partial charge in [-0.05, 0) is 13.8 Å². The third-order valence-corrected chi connectivity index (χ3v) is 1.44. The molecule has 0 unspecified atom stereocenters. The van der Waals surface area contributed by atoms with Crippen molar-refractivity contribution in [3.63, 3.8) is 0 Å². The molecule has 0 aromatic carbocycles. The first-order valence-electron chi connectivity index (χ1n) is 3.74. The molecule has 0 rings (SSSR count). The molecule has 0 aliphatic carbocycles. The minimum atomic E-state index is -0.586. The Balaban J connectivity index is 3.86. The second-order valence-electron chi connectivity index (χ2n) is 3.16. The maximum atomic E-state index is 11.1. The number of hydrogen-bond donors (Lipinski definition) is 2. The molecule has 0 bridgehead atoms. The Morgan fingerprint density at radius 3 is 2.75 bits per heavy atom. The number of amides is 1. The molecule has 70 valence electrons. The van der Waals surface area contributed by atoms with E-state index in [0.29, 0.717) is 13.2 Å². The molecule has 12 heavy (non-hydrogen) atoms. The number of nitrogens with two attached hydrogens (primary N) is 1. The number of rotatable bonds is 5. The number of carbonyl (C=O) groups is 1. The van der Waals surface area contributed by atoms with Gasteiger partial charge in [0.25, 0.3) is 0 Å². The van der Waals surface area contributed by atoms with Crippen LogP contribution in [0.3, 0.4) is 0 Å². The minimum Gasteiger partial charge on any atom is -0.376 e. The zero-order valence-corrected chi connectivity index (χ0v) is 7.59. The molecule has 3 N–H and O–H groups in total. The molecule has 0 aromatic rings. The molecule has 0 saturated carbocycles. The molecule has 0 saturated heterocycles. The summed E-state index contributed by atoms with van der Waals surface area (Å²) in [6, 6.07) is 0. The Kier molecular flexibility index (Phi) is 4.54. The van der Waals surface area contributed by atoms with Crippen LogP contribution in [0.2, 0.25) is 0 Å². The van der Waals surface area contributed by atoms with Crippen LogP contribution in [-0.2, 0) is 9.53 Å². The lowest BCUT2D eigenvalue weighted by molar-refractivity contribution is -0.132. The van der Waals surface area contributed by atoms with E-state index in [-0.39, 0.29) is 5.91 Å². The quantitative estimate of drug-likeness (QED) is 0.205. The summed E-state index contributed by atoms with van der Waals surface area (Å²) in [5.41, 5.74) is 1.50. The van der Waals surface area contributed by atoms with Crippen LogP contribution in [0.15, 0.2) is 12.7 Å². The number of nitrogens with one attached hydrogen (secondary N) is 1. The van der Waals surface area contributed by atoms with Crippen LogP contribution in [-0.4, -0.2) is 19.1 Å². The lowest BCUT2D eigenvalue weighted by Crippen LogP contribution is -2.43. The van der Waals surface area contributed by atoms with Crippen molar-refractivity contribution in [3.8, 4) is 0 Å². The van der Waals surface area contributed by atoms with Crippen molar-refractivity contribution in [2.45, 2.75) is 13.8 Å². The molecule has 0 radical (unpaired) electrons. The van der Waals surface area contributed by atoms with Crippen LogP contribution in [0.1, 0.15) is 13.8 Å². The molecule has 0 fully saturated rings. The van der Waals surface area contributed by atoms with Gasteiger partial charge in [0.15, 0.2) is 0 Å². The molecule has 0 aromatic heterocycles.